The summed E-state index contributed by atoms with van der Waals surface area (Å²) in [7, 11) is 0. The number of ether oxygens (including phenoxy) is 1. The van der Waals surface area contributed by atoms with E-state index in [1.54, 1.807) is 6.20 Å². The van der Waals surface area contributed by atoms with Crippen LogP contribution < -0.4 is 4.90 Å². The number of aromatic nitrogens is 1. The topological polar surface area (TPSA) is 25.4 Å². The quantitative estimate of drug-likeness (QED) is 0.723. The molecule has 3 nitrogen and oxygen atoms in total. The average Bonchev–Trinajstić information content (AvgIpc) is 2.39. The van der Waals surface area contributed by atoms with Crippen LogP contribution in [0.25, 0.3) is 10.9 Å². The van der Waals surface area contributed by atoms with Gasteiger partial charge in [0.1, 0.15) is 0 Å². The summed E-state index contributed by atoms with van der Waals surface area (Å²) in [5.74, 6) is 0. The molecule has 1 radical (unpaired) electrons. The third-order valence-electron chi connectivity index (χ3n) is 2.88. The molecular weight excluding hydrogens is 200 g/mol. The van der Waals surface area contributed by atoms with Crippen LogP contribution in [0.15, 0.2) is 30.5 Å². The van der Waals surface area contributed by atoms with Crippen LogP contribution in [-0.2, 0) is 4.74 Å². The maximum atomic E-state index is 5.35. The van der Waals surface area contributed by atoms with Crippen LogP contribution >= 0.6 is 0 Å². The maximum Gasteiger partial charge on any atom is 0.0728 e. The molecule has 0 spiro atoms. The largest absolute Gasteiger partial charge is 0.378 e. The van der Waals surface area contributed by atoms with E-state index in [4.69, 9.17) is 4.74 Å². The number of fused-ring (bicyclic) bond motifs is 1. The third-order valence-corrected chi connectivity index (χ3v) is 2.88. The Morgan fingerprint density at radius 3 is 3.00 bits per heavy atom. The highest BCUT2D eigenvalue weighted by atomic mass is 16.5. The first-order chi connectivity index (χ1) is 7.93. The van der Waals surface area contributed by atoms with Gasteiger partial charge in [-0.2, -0.15) is 0 Å². The number of hydrogen-bond donors (Lipinski definition) is 0. The molecule has 0 amide bonds. The van der Waals surface area contributed by atoms with Gasteiger partial charge in [-0.05, 0) is 24.3 Å². The van der Waals surface area contributed by atoms with Crippen LogP contribution in [0.1, 0.15) is 0 Å². The van der Waals surface area contributed by atoms with Crippen molar-refractivity contribution in [3.05, 3.63) is 36.5 Å². The first-order valence-corrected chi connectivity index (χ1v) is 5.53. The number of pyridine rings is 1. The SMILES string of the molecule is [c]1ccnc2cc(N3CCOCC3)ccc12. The molecule has 1 aliphatic rings. The Kier molecular flexibility index (Phi) is 2.46. The lowest BCUT2D eigenvalue weighted by Crippen LogP contribution is -2.36. The summed E-state index contributed by atoms with van der Waals surface area (Å²) in [6.07, 6.45) is 1.78. The predicted molar refractivity (Wildman–Crippen MR) is 63.6 cm³/mol. The zero-order chi connectivity index (χ0) is 10.8. The van der Waals surface area contributed by atoms with Crippen molar-refractivity contribution in [3.8, 4) is 0 Å². The van der Waals surface area contributed by atoms with Gasteiger partial charge in [0, 0.05) is 30.4 Å². The number of rotatable bonds is 1. The molecular formula is C13H13N2O. The summed E-state index contributed by atoms with van der Waals surface area (Å²) in [5.41, 5.74) is 2.23. The monoisotopic (exact) mass is 213 g/mol. The van der Waals surface area contributed by atoms with Gasteiger partial charge in [0.05, 0.1) is 18.7 Å². The molecule has 81 valence electrons. The first-order valence-electron chi connectivity index (χ1n) is 5.53. The number of nitrogens with zero attached hydrogens (tertiary/aromatic N) is 2. The number of morpholine rings is 1. The first kappa shape index (κ1) is 9.60. The summed E-state index contributed by atoms with van der Waals surface area (Å²) in [6.45, 7) is 3.54. The van der Waals surface area contributed by atoms with Crippen molar-refractivity contribution in [1.29, 1.82) is 0 Å². The van der Waals surface area contributed by atoms with Gasteiger partial charge in [-0.3, -0.25) is 4.98 Å². The molecule has 1 aromatic carbocycles. The van der Waals surface area contributed by atoms with E-state index < -0.39 is 0 Å². The van der Waals surface area contributed by atoms with E-state index in [1.165, 1.54) is 5.69 Å². The zero-order valence-corrected chi connectivity index (χ0v) is 9.02. The van der Waals surface area contributed by atoms with Crippen molar-refractivity contribution in [2.24, 2.45) is 0 Å². The Labute approximate surface area is 94.7 Å². The van der Waals surface area contributed by atoms with Crippen LogP contribution in [0, 0.1) is 6.07 Å². The number of anilines is 1. The molecule has 0 aliphatic carbocycles. The van der Waals surface area contributed by atoms with Crippen LogP contribution in [0.2, 0.25) is 0 Å². The normalized spacial score (nSPS) is 16.6. The molecule has 3 heteroatoms. The fourth-order valence-electron chi connectivity index (χ4n) is 2.01. The van der Waals surface area contributed by atoms with Crippen LogP contribution in [0.5, 0.6) is 0 Å². The predicted octanol–water partition coefficient (Wildman–Crippen LogP) is 1.87. The zero-order valence-electron chi connectivity index (χ0n) is 9.02. The van der Waals surface area contributed by atoms with Gasteiger partial charge in [0.15, 0.2) is 0 Å². The lowest BCUT2D eigenvalue weighted by molar-refractivity contribution is 0.122. The van der Waals surface area contributed by atoms with Gasteiger partial charge >= 0.3 is 0 Å². The number of benzene rings is 1. The molecule has 0 N–H and O–H groups in total. The maximum absolute atomic E-state index is 5.35. The molecule has 2 heterocycles. The lowest BCUT2D eigenvalue weighted by Gasteiger charge is -2.28. The van der Waals surface area contributed by atoms with Crippen LogP contribution in [0.3, 0.4) is 0 Å². The fourth-order valence-corrected chi connectivity index (χ4v) is 2.01. The standard InChI is InChI=1S/C13H13N2O/c1-2-11-3-4-12(10-13(11)14-5-1)15-6-8-16-9-7-15/h1,3-5,10H,6-9H2. The molecule has 3 rings (SSSR count). The van der Waals surface area contributed by atoms with E-state index in [1.807, 2.05) is 6.07 Å². The molecule has 1 fully saturated rings. The molecule has 0 atom stereocenters. The minimum Gasteiger partial charge on any atom is -0.378 e. The Morgan fingerprint density at radius 1 is 1.25 bits per heavy atom. The second-order valence-electron chi connectivity index (χ2n) is 3.89. The summed E-state index contributed by atoms with van der Waals surface area (Å²) >= 11 is 0. The summed E-state index contributed by atoms with van der Waals surface area (Å²) < 4.78 is 5.35. The third kappa shape index (κ3) is 1.74. The Bertz CT molecular complexity index is 492. The summed E-state index contributed by atoms with van der Waals surface area (Å²) in [5, 5.41) is 1.07. The highest BCUT2D eigenvalue weighted by Crippen LogP contribution is 2.20. The van der Waals surface area contributed by atoms with Crippen molar-refractivity contribution in [2.45, 2.75) is 0 Å². The summed E-state index contributed by atoms with van der Waals surface area (Å²) in [6, 6.07) is 11.3. The molecule has 1 aromatic heterocycles. The van der Waals surface area contributed by atoms with Crippen LogP contribution in [0.4, 0.5) is 5.69 Å². The van der Waals surface area contributed by atoms with E-state index in [0.717, 1.165) is 37.2 Å². The van der Waals surface area contributed by atoms with Gasteiger partial charge < -0.3 is 9.64 Å². The summed E-state index contributed by atoms with van der Waals surface area (Å²) in [4.78, 5) is 6.68. The molecule has 0 saturated carbocycles. The fraction of sp³-hybridized carbons (Fsp3) is 0.308. The van der Waals surface area contributed by atoms with Gasteiger partial charge in [0.25, 0.3) is 0 Å². The minimum absolute atomic E-state index is 0.812. The van der Waals surface area contributed by atoms with E-state index >= 15 is 0 Å². The van der Waals surface area contributed by atoms with Gasteiger partial charge in [-0.25, -0.2) is 0 Å². The molecule has 0 bridgehead atoms. The van der Waals surface area contributed by atoms with E-state index in [0.29, 0.717) is 0 Å². The molecule has 1 aliphatic heterocycles. The highest BCUT2D eigenvalue weighted by Gasteiger charge is 2.11. The van der Waals surface area contributed by atoms with Crippen molar-refractivity contribution < 1.29 is 4.74 Å². The van der Waals surface area contributed by atoms with E-state index in [2.05, 4.69) is 34.1 Å². The molecule has 2 aromatic rings. The van der Waals surface area contributed by atoms with Crippen LogP contribution in [-0.4, -0.2) is 31.3 Å². The second kappa shape index (κ2) is 4.10. The molecule has 0 unspecified atom stereocenters. The Morgan fingerprint density at radius 2 is 2.12 bits per heavy atom. The van der Waals surface area contributed by atoms with Gasteiger partial charge in [0.2, 0.25) is 0 Å². The highest BCUT2D eigenvalue weighted by molar-refractivity contribution is 5.81. The molecule has 16 heavy (non-hydrogen) atoms. The molecule has 1 saturated heterocycles. The Hall–Kier alpha value is -1.61. The van der Waals surface area contributed by atoms with E-state index in [9.17, 15) is 0 Å². The van der Waals surface area contributed by atoms with Crippen molar-refractivity contribution in [2.75, 3.05) is 31.2 Å². The van der Waals surface area contributed by atoms with E-state index in [-0.39, 0.29) is 0 Å². The Balaban J connectivity index is 1.97. The van der Waals surface area contributed by atoms with Crippen molar-refractivity contribution in [3.63, 3.8) is 0 Å². The van der Waals surface area contributed by atoms with Gasteiger partial charge in [-0.1, -0.05) is 6.07 Å². The smallest absolute Gasteiger partial charge is 0.0728 e. The van der Waals surface area contributed by atoms with Crippen molar-refractivity contribution in [1.82, 2.24) is 4.98 Å². The number of hydrogen-bond acceptors (Lipinski definition) is 3. The second-order valence-corrected chi connectivity index (χ2v) is 3.89. The minimum atomic E-state index is 0.812. The average molecular weight is 213 g/mol. The lowest BCUT2D eigenvalue weighted by atomic mass is 10.2. The van der Waals surface area contributed by atoms with Crippen molar-refractivity contribution >= 4 is 16.6 Å². The van der Waals surface area contributed by atoms with Gasteiger partial charge in [-0.15, -0.1) is 0 Å².